The molecule has 0 saturated heterocycles. The first-order valence-electron chi connectivity index (χ1n) is 6.27. The van der Waals surface area contributed by atoms with Crippen molar-refractivity contribution in [3.05, 3.63) is 29.6 Å². The summed E-state index contributed by atoms with van der Waals surface area (Å²) in [5.41, 5.74) is -3.34. The van der Waals surface area contributed by atoms with E-state index in [1.54, 1.807) is 0 Å². The van der Waals surface area contributed by atoms with Gasteiger partial charge in [0.2, 0.25) is 0 Å². The molecule has 8 heteroatoms. The maximum absolute atomic E-state index is 13.8. The lowest BCUT2D eigenvalue weighted by Crippen LogP contribution is -2.38. The number of carbonyl (C=O) groups excluding carboxylic acids is 2. The molecular formula is C14H14F4O4. The molecule has 0 amide bonds. The van der Waals surface area contributed by atoms with Crippen LogP contribution in [0.2, 0.25) is 0 Å². The summed E-state index contributed by atoms with van der Waals surface area (Å²) >= 11 is 0. The molecule has 1 aromatic rings. The van der Waals surface area contributed by atoms with Crippen LogP contribution in [0.3, 0.4) is 0 Å². The van der Waals surface area contributed by atoms with Gasteiger partial charge in [0.15, 0.2) is 17.0 Å². The molecule has 0 fully saturated rings. The monoisotopic (exact) mass is 322 g/mol. The van der Waals surface area contributed by atoms with Gasteiger partial charge < -0.3 is 9.47 Å². The quantitative estimate of drug-likeness (QED) is 0.369. The summed E-state index contributed by atoms with van der Waals surface area (Å²) in [4.78, 5) is 23.5. The lowest BCUT2D eigenvalue weighted by molar-refractivity contribution is -0.164. The maximum Gasteiger partial charge on any atom is 0.419 e. The zero-order valence-electron chi connectivity index (χ0n) is 12.1. The Kier molecular flexibility index (Phi) is 5.16. The first-order valence-corrected chi connectivity index (χ1v) is 6.27. The lowest BCUT2D eigenvalue weighted by Gasteiger charge is -2.20. The number of hydrogen-bond acceptors (Lipinski definition) is 4. The Morgan fingerprint density at radius 3 is 2.23 bits per heavy atom. The Morgan fingerprint density at radius 1 is 1.14 bits per heavy atom. The average Bonchev–Trinajstić information content (AvgIpc) is 2.39. The molecule has 1 rings (SSSR count). The summed E-state index contributed by atoms with van der Waals surface area (Å²) in [6.45, 7) is 3.86. The molecule has 0 aliphatic carbocycles. The number of ether oxygens (including phenoxy) is 2. The second-order valence-electron chi connectivity index (χ2n) is 4.85. The zero-order chi connectivity index (χ0) is 17.1. The number of alkyl halides is 3. The average molecular weight is 322 g/mol. The molecular weight excluding hydrogens is 308 g/mol. The van der Waals surface area contributed by atoms with Crippen molar-refractivity contribution in [1.29, 1.82) is 0 Å². The van der Waals surface area contributed by atoms with Crippen LogP contribution in [0.15, 0.2) is 18.2 Å². The molecule has 0 heterocycles. The van der Waals surface area contributed by atoms with E-state index in [0.717, 1.165) is 12.1 Å². The third kappa shape index (κ3) is 3.75. The van der Waals surface area contributed by atoms with E-state index in [9.17, 15) is 27.2 Å². The lowest BCUT2D eigenvalue weighted by atomic mass is 9.94. The van der Waals surface area contributed by atoms with E-state index in [2.05, 4.69) is 9.47 Å². The normalized spacial score (nSPS) is 12.0. The van der Waals surface area contributed by atoms with Gasteiger partial charge in [0, 0.05) is 0 Å². The van der Waals surface area contributed by atoms with E-state index in [4.69, 9.17) is 0 Å². The summed E-state index contributed by atoms with van der Waals surface area (Å²) in [5.74, 6) is -4.77. The Morgan fingerprint density at radius 2 is 1.73 bits per heavy atom. The fourth-order valence-corrected chi connectivity index (χ4v) is 1.43. The van der Waals surface area contributed by atoms with E-state index in [0.29, 0.717) is 6.07 Å². The molecule has 22 heavy (non-hydrogen) atoms. The van der Waals surface area contributed by atoms with E-state index >= 15 is 0 Å². The van der Waals surface area contributed by atoms with E-state index in [-0.39, 0.29) is 6.61 Å². The third-order valence-electron chi connectivity index (χ3n) is 2.77. The van der Waals surface area contributed by atoms with Crippen molar-refractivity contribution < 1.29 is 36.6 Å². The Labute approximate surface area is 124 Å². The molecule has 0 unspecified atom stereocenters. The predicted molar refractivity (Wildman–Crippen MR) is 67.5 cm³/mol. The van der Waals surface area contributed by atoms with Crippen molar-refractivity contribution in [3.8, 4) is 5.75 Å². The molecule has 0 aliphatic rings. The first-order chi connectivity index (χ1) is 10.0. The minimum absolute atomic E-state index is 0.00740. The fourth-order valence-electron chi connectivity index (χ4n) is 1.43. The second-order valence-corrected chi connectivity index (χ2v) is 4.85. The standard InChI is InChI=1S/C14H14F4O4/c1-4-21-11(19)13(2,3)12(20)22-9-7-5-6-8(10(9)15)14(16,17)18/h5-7H,4H2,1-3H3. The topological polar surface area (TPSA) is 52.6 Å². The highest BCUT2D eigenvalue weighted by Gasteiger charge is 2.41. The Hall–Kier alpha value is -2.12. The number of halogens is 4. The van der Waals surface area contributed by atoms with Crippen LogP contribution in [0.5, 0.6) is 5.75 Å². The molecule has 0 spiro atoms. The van der Waals surface area contributed by atoms with Crippen LogP contribution < -0.4 is 4.74 Å². The largest absolute Gasteiger partial charge is 0.465 e. The summed E-state index contributed by atoms with van der Waals surface area (Å²) in [6, 6.07) is 2.28. The summed E-state index contributed by atoms with van der Waals surface area (Å²) in [7, 11) is 0. The first kappa shape index (κ1) is 17.9. The van der Waals surface area contributed by atoms with Gasteiger partial charge >= 0.3 is 18.1 Å². The number of esters is 2. The van der Waals surface area contributed by atoms with Crippen LogP contribution in [-0.4, -0.2) is 18.5 Å². The molecule has 0 aliphatic heterocycles. The van der Waals surface area contributed by atoms with Gasteiger partial charge in [0.25, 0.3) is 0 Å². The SMILES string of the molecule is CCOC(=O)C(C)(C)C(=O)Oc1cccc(C(F)(F)F)c1F. The summed E-state index contributed by atoms with van der Waals surface area (Å²) in [6.07, 6.45) is -4.93. The third-order valence-corrected chi connectivity index (χ3v) is 2.77. The molecule has 0 aromatic heterocycles. The van der Waals surface area contributed by atoms with Crippen LogP contribution in [-0.2, 0) is 20.5 Å². The number of carbonyl (C=O) groups is 2. The van der Waals surface area contributed by atoms with Gasteiger partial charge in [-0.1, -0.05) is 6.07 Å². The van der Waals surface area contributed by atoms with Crippen LogP contribution >= 0.6 is 0 Å². The van der Waals surface area contributed by atoms with Crippen molar-refractivity contribution in [2.24, 2.45) is 5.41 Å². The van der Waals surface area contributed by atoms with Crippen LogP contribution in [0.4, 0.5) is 17.6 Å². The highest BCUT2D eigenvalue weighted by Crippen LogP contribution is 2.35. The van der Waals surface area contributed by atoms with E-state index in [1.165, 1.54) is 20.8 Å². The fraction of sp³-hybridized carbons (Fsp3) is 0.429. The summed E-state index contributed by atoms with van der Waals surface area (Å²) in [5, 5.41) is 0. The van der Waals surface area contributed by atoms with Crippen molar-refractivity contribution in [2.75, 3.05) is 6.61 Å². The van der Waals surface area contributed by atoms with Gasteiger partial charge in [-0.15, -0.1) is 0 Å². The number of hydrogen-bond donors (Lipinski definition) is 0. The van der Waals surface area contributed by atoms with E-state index in [1.807, 2.05) is 0 Å². The van der Waals surface area contributed by atoms with Crippen LogP contribution in [0.1, 0.15) is 26.3 Å². The van der Waals surface area contributed by atoms with Crippen molar-refractivity contribution in [1.82, 2.24) is 0 Å². The molecule has 0 saturated carbocycles. The molecule has 122 valence electrons. The van der Waals surface area contributed by atoms with Gasteiger partial charge in [-0.3, -0.25) is 9.59 Å². The minimum atomic E-state index is -4.93. The molecule has 0 bridgehead atoms. The highest BCUT2D eigenvalue weighted by atomic mass is 19.4. The van der Waals surface area contributed by atoms with Gasteiger partial charge in [0.1, 0.15) is 0 Å². The Balaban J connectivity index is 3.06. The molecule has 1 aromatic carbocycles. The summed E-state index contributed by atoms with van der Waals surface area (Å²) < 4.78 is 60.7. The maximum atomic E-state index is 13.8. The second kappa shape index (κ2) is 6.33. The van der Waals surface area contributed by atoms with Crippen molar-refractivity contribution in [3.63, 3.8) is 0 Å². The van der Waals surface area contributed by atoms with Gasteiger partial charge in [0.05, 0.1) is 12.2 Å². The Bertz CT molecular complexity index is 579. The number of benzene rings is 1. The van der Waals surface area contributed by atoms with Gasteiger partial charge in [-0.05, 0) is 32.9 Å². The van der Waals surface area contributed by atoms with Crippen LogP contribution in [0, 0.1) is 11.2 Å². The zero-order valence-corrected chi connectivity index (χ0v) is 12.1. The highest BCUT2D eigenvalue weighted by molar-refractivity contribution is 5.99. The smallest absolute Gasteiger partial charge is 0.419 e. The molecule has 0 atom stereocenters. The van der Waals surface area contributed by atoms with Crippen LogP contribution in [0.25, 0.3) is 0 Å². The van der Waals surface area contributed by atoms with Crippen molar-refractivity contribution >= 4 is 11.9 Å². The van der Waals surface area contributed by atoms with Gasteiger partial charge in [-0.25, -0.2) is 4.39 Å². The van der Waals surface area contributed by atoms with Gasteiger partial charge in [-0.2, -0.15) is 13.2 Å². The molecule has 0 N–H and O–H groups in total. The molecule has 0 radical (unpaired) electrons. The van der Waals surface area contributed by atoms with E-state index < -0.39 is 40.7 Å². The minimum Gasteiger partial charge on any atom is -0.465 e. The number of rotatable bonds is 4. The predicted octanol–water partition coefficient (Wildman–Crippen LogP) is 3.34. The van der Waals surface area contributed by atoms with Crippen molar-refractivity contribution in [2.45, 2.75) is 26.9 Å². The molecule has 4 nitrogen and oxygen atoms in total.